The maximum atomic E-state index is 6.10. The van der Waals surface area contributed by atoms with E-state index in [1.807, 2.05) is 12.1 Å². The second-order valence-corrected chi connectivity index (χ2v) is 7.11. The summed E-state index contributed by atoms with van der Waals surface area (Å²) in [5, 5.41) is 4.32. The van der Waals surface area contributed by atoms with Crippen molar-refractivity contribution in [3.8, 4) is 0 Å². The first-order chi connectivity index (χ1) is 9.65. The van der Waals surface area contributed by atoms with Gasteiger partial charge in [0.2, 0.25) is 0 Å². The molecule has 1 heterocycles. The van der Waals surface area contributed by atoms with Crippen LogP contribution in [0.4, 0.5) is 0 Å². The maximum Gasteiger partial charge on any atom is 0.0551 e. The molecule has 2 rings (SSSR count). The molecule has 1 aliphatic rings. The fourth-order valence-corrected chi connectivity index (χ4v) is 3.21. The number of nitrogens with one attached hydrogen (secondary N) is 1. The lowest BCUT2D eigenvalue weighted by molar-refractivity contribution is 0.199. The first-order valence-corrected chi connectivity index (χ1v) is 8.69. The second-order valence-electron chi connectivity index (χ2n) is 5.85. The Labute approximate surface area is 136 Å². The minimum atomic E-state index is 0.694. The van der Waals surface area contributed by atoms with E-state index in [0.29, 0.717) is 5.92 Å². The number of rotatable bonds is 6. The molecule has 20 heavy (non-hydrogen) atoms. The minimum absolute atomic E-state index is 0.694. The summed E-state index contributed by atoms with van der Waals surface area (Å²) in [4.78, 5) is 2.60. The summed E-state index contributed by atoms with van der Waals surface area (Å²) in [7, 11) is 0. The molecule has 1 atom stereocenters. The van der Waals surface area contributed by atoms with Crippen molar-refractivity contribution < 1.29 is 0 Å². The van der Waals surface area contributed by atoms with Gasteiger partial charge in [0, 0.05) is 17.6 Å². The van der Waals surface area contributed by atoms with E-state index in [0.717, 1.165) is 22.6 Å². The highest BCUT2D eigenvalue weighted by atomic mass is 79.9. The van der Waals surface area contributed by atoms with Crippen LogP contribution in [-0.4, -0.2) is 31.1 Å². The molecule has 0 radical (unpaired) electrons. The highest BCUT2D eigenvalue weighted by molar-refractivity contribution is 9.10. The summed E-state index contributed by atoms with van der Waals surface area (Å²) in [6, 6.07) is 6.14. The smallest absolute Gasteiger partial charge is 0.0551 e. The number of nitrogens with zero attached hydrogens (tertiary/aromatic N) is 1. The zero-order valence-electron chi connectivity index (χ0n) is 12.2. The van der Waals surface area contributed by atoms with E-state index in [-0.39, 0.29) is 0 Å². The summed E-state index contributed by atoms with van der Waals surface area (Å²) in [5.41, 5.74) is 1.24. The van der Waals surface area contributed by atoms with Crippen LogP contribution in [-0.2, 0) is 6.54 Å². The van der Waals surface area contributed by atoms with Gasteiger partial charge < -0.3 is 10.2 Å². The number of halogens is 2. The van der Waals surface area contributed by atoms with Gasteiger partial charge in [-0.3, -0.25) is 0 Å². The molecule has 1 unspecified atom stereocenters. The zero-order chi connectivity index (χ0) is 14.4. The third-order valence-electron chi connectivity index (χ3n) is 3.82. The van der Waals surface area contributed by atoms with E-state index >= 15 is 0 Å². The Bertz CT molecular complexity index is 419. The van der Waals surface area contributed by atoms with Crippen molar-refractivity contribution in [2.24, 2.45) is 5.92 Å². The Kier molecular flexibility index (Phi) is 6.82. The van der Waals surface area contributed by atoms with Crippen molar-refractivity contribution in [3.63, 3.8) is 0 Å². The van der Waals surface area contributed by atoms with Gasteiger partial charge in [0.1, 0.15) is 0 Å². The Balaban J connectivity index is 1.67. The predicted octanol–water partition coefficient (Wildman–Crippen LogP) is 4.31. The topological polar surface area (TPSA) is 15.3 Å². The monoisotopic (exact) mass is 358 g/mol. The second kappa shape index (κ2) is 8.38. The Morgan fingerprint density at radius 2 is 2.05 bits per heavy atom. The molecule has 0 saturated carbocycles. The molecule has 1 aromatic carbocycles. The molecule has 1 N–H and O–H groups in total. The lowest BCUT2D eigenvalue weighted by Crippen LogP contribution is -2.36. The van der Waals surface area contributed by atoms with Gasteiger partial charge in [-0.25, -0.2) is 0 Å². The van der Waals surface area contributed by atoms with E-state index in [4.69, 9.17) is 11.6 Å². The predicted molar refractivity (Wildman–Crippen MR) is 90.3 cm³/mol. The summed E-state index contributed by atoms with van der Waals surface area (Å²) >= 11 is 9.52. The van der Waals surface area contributed by atoms with Crippen LogP contribution in [0, 0.1) is 5.92 Å². The molecule has 1 fully saturated rings. The highest BCUT2D eigenvalue weighted by Crippen LogP contribution is 2.23. The average Bonchev–Trinajstić information content (AvgIpc) is 2.44. The number of likely N-dealkylation sites (tertiary alicyclic amines) is 1. The minimum Gasteiger partial charge on any atom is -0.312 e. The van der Waals surface area contributed by atoms with E-state index in [9.17, 15) is 0 Å². The molecular formula is C16H24BrClN2. The molecular weight excluding hydrogens is 336 g/mol. The fourth-order valence-electron chi connectivity index (χ4n) is 2.76. The summed E-state index contributed by atoms with van der Waals surface area (Å²) in [6.45, 7) is 8.06. The number of hydrogen-bond acceptors (Lipinski definition) is 2. The van der Waals surface area contributed by atoms with E-state index < -0.39 is 0 Å². The van der Waals surface area contributed by atoms with Gasteiger partial charge in [0.05, 0.1) is 5.02 Å². The van der Waals surface area contributed by atoms with Crippen LogP contribution in [0.3, 0.4) is 0 Å². The van der Waals surface area contributed by atoms with Gasteiger partial charge in [-0.2, -0.15) is 0 Å². The lowest BCUT2D eigenvalue weighted by Gasteiger charge is -2.29. The molecule has 1 saturated heterocycles. The highest BCUT2D eigenvalue weighted by Gasteiger charge is 2.13. The molecule has 1 aromatic rings. The summed E-state index contributed by atoms with van der Waals surface area (Å²) in [5.74, 6) is 0.694. The maximum absolute atomic E-state index is 6.10. The SMILES string of the molecule is CC(CNCc1ccc(Br)c(Cl)c1)CN1CCCCC1. The normalized spacial score (nSPS) is 18.1. The Hall–Kier alpha value is -0.0900. The van der Waals surface area contributed by atoms with Gasteiger partial charge in [-0.15, -0.1) is 0 Å². The Morgan fingerprint density at radius 3 is 2.75 bits per heavy atom. The van der Waals surface area contributed by atoms with Gasteiger partial charge in [0.25, 0.3) is 0 Å². The molecule has 0 amide bonds. The molecule has 1 aliphatic heterocycles. The van der Waals surface area contributed by atoms with Crippen molar-refractivity contribution >= 4 is 27.5 Å². The average molecular weight is 360 g/mol. The fraction of sp³-hybridized carbons (Fsp3) is 0.625. The third kappa shape index (κ3) is 5.36. The third-order valence-corrected chi connectivity index (χ3v) is 5.06. The van der Waals surface area contributed by atoms with Crippen LogP contribution < -0.4 is 5.32 Å². The van der Waals surface area contributed by atoms with Crippen LogP contribution in [0.2, 0.25) is 5.02 Å². The van der Waals surface area contributed by atoms with E-state index in [1.165, 1.54) is 44.5 Å². The van der Waals surface area contributed by atoms with Crippen molar-refractivity contribution in [1.29, 1.82) is 0 Å². The van der Waals surface area contributed by atoms with Crippen LogP contribution in [0.25, 0.3) is 0 Å². The largest absolute Gasteiger partial charge is 0.312 e. The van der Waals surface area contributed by atoms with Crippen molar-refractivity contribution in [3.05, 3.63) is 33.3 Å². The van der Waals surface area contributed by atoms with E-state index in [2.05, 4.69) is 39.1 Å². The molecule has 112 valence electrons. The van der Waals surface area contributed by atoms with Crippen LogP contribution in [0.1, 0.15) is 31.7 Å². The molecule has 2 nitrogen and oxygen atoms in total. The van der Waals surface area contributed by atoms with Crippen LogP contribution in [0.5, 0.6) is 0 Å². The standard InChI is InChI=1S/C16H24BrClN2/c1-13(12-20-7-3-2-4-8-20)10-19-11-14-5-6-15(17)16(18)9-14/h5-6,9,13,19H,2-4,7-8,10-12H2,1H3. The number of piperidine rings is 1. The van der Waals surface area contributed by atoms with Crippen molar-refractivity contribution in [2.75, 3.05) is 26.2 Å². The van der Waals surface area contributed by atoms with Gasteiger partial charge in [-0.05, 0) is 72.0 Å². The molecule has 4 heteroatoms. The quantitative estimate of drug-likeness (QED) is 0.814. The summed E-state index contributed by atoms with van der Waals surface area (Å²) < 4.78 is 0.960. The molecule has 0 aliphatic carbocycles. The van der Waals surface area contributed by atoms with Gasteiger partial charge in [0.15, 0.2) is 0 Å². The van der Waals surface area contributed by atoms with Gasteiger partial charge >= 0.3 is 0 Å². The van der Waals surface area contributed by atoms with Gasteiger partial charge in [-0.1, -0.05) is 31.0 Å². The lowest BCUT2D eigenvalue weighted by atomic mass is 10.1. The van der Waals surface area contributed by atoms with Crippen molar-refractivity contribution in [2.45, 2.75) is 32.7 Å². The first kappa shape index (κ1) is 16.3. The Morgan fingerprint density at radius 1 is 1.30 bits per heavy atom. The summed E-state index contributed by atoms with van der Waals surface area (Å²) in [6.07, 6.45) is 4.16. The number of benzene rings is 1. The van der Waals surface area contributed by atoms with E-state index in [1.54, 1.807) is 0 Å². The first-order valence-electron chi connectivity index (χ1n) is 7.52. The van der Waals surface area contributed by atoms with Crippen LogP contribution >= 0.6 is 27.5 Å². The molecule has 0 spiro atoms. The molecule has 0 bridgehead atoms. The number of hydrogen-bond donors (Lipinski definition) is 1. The zero-order valence-corrected chi connectivity index (χ0v) is 14.5. The van der Waals surface area contributed by atoms with Crippen LogP contribution in [0.15, 0.2) is 22.7 Å². The molecule has 0 aromatic heterocycles. The van der Waals surface area contributed by atoms with Crippen molar-refractivity contribution in [1.82, 2.24) is 10.2 Å².